The van der Waals surface area contributed by atoms with Gasteiger partial charge in [-0.05, 0) is 61.3 Å². The molecule has 1 aliphatic carbocycles. The highest BCUT2D eigenvalue weighted by Gasteiger charge is 2.37. The number of esters is 1. The average Bonchev–Trinajstić information content (AvgIpc) is 3.73. The van der Waals surface area contributed by atoms with Crippen LogP contribution < -0.4 is 5.32 Å². The molecule has 45 heavy (non-hydrogen) atoms. The minimum absolute atomic E-state index is 0.0149. The third kappa shape index (κ3) is 6.76. The number of sulfonamides is 1. The van der Waals surface area contributed by atoms with Crippen LogP contribution >= 0.6 is 11.3 Å². The number of hydrogen-bond acceptors (Lipinski definition) is 10. The summed E-state index contributed by atoms with van der Waals surface area (Å²) in [5.74, 6) is -0.688. The summed E-state index contributed by atoms with van der Waals surface area (Å²) < 4.78 is 33.3. The first-order chi connectivity index (χ1) is 21.7. The highest BCUT2D eigenvalue weighted by atomic mass is 32.2. The monoisotopic (exact) mass is 648 g/mol. The van der Waals surface area contributed by atoms with E-state index in [0.717, 1.165) is 47.3 Å². The van der Waals surface area contributed by atoms with E-state index < -0.39 is 28.0 Å². The largest absolute Gasteiger partial charge is 0.468 e. The van der Waals surface area contributed by atoms with Gasteiger partial charge in [0.1, 0.15) is 16.4 Å². The second-order valence-electron chi connectivity index (χ2n) is 11.7. The standard InChI is InChI=1S/C32H36N6O5S2/c1-37-17-18-38(20-28(37)31(40)43-2)45(41,42)24-9-7-22(8-10-24)25(19-21-5-3-4-6-21)29(39)36-32-35-27-12-11-26(34-30(27)44-32)23-13-15-33-16-14-23/h7-16,21,25,28H,3-6,17-20H2,1-2H3,(H,35,36,39)/t25?,28-/m0/s1. The Balaban J connectivity index is 1.21. The molecular weight excluding hydrogens is 613 g/mol. The number of methoxy groups -OCH3 is 1. The van der Waals surface area contributed by atoms with Gasteiger partial charge in [0.05, 0.1) is 23.6 Å². The number of ether oxygens (including phenoxy) is 1. The number of benzene rings is 1. The zero-order chi connectivity index (χ0) is 31.6. The Morgan fingerprint density at radius 1 is 1.02 bits per heavy atom. The quantitative estimate of drug-likeness (QED) is 0.260. The van der Waals surface area contributed by atoms with Crippen molar-refractivity contribution < 1.29 is 22.7 Å². The normalized spacial score (nSPS) is 19.0. The van der Waals surface area contributed by atoms with Crippen molar-refractivity contribution >= 4 is 48.7 Å². The van der Waals surface area contributed by atoms with E-state index in [9.17, 15) is 18.0 Å². The van der Waals surface area contributed by atoms with Gasteiger partial charge in [0.2, 0.25) is 15.9 Å². The molecule has 11 nitrogen and oxygen atoms in total. The molecular formula is C32H36N6O5S2. The Hall–Kier alpha value is -3.78. The molecule has 0 bridgehead atoms. The zero-order valence-electron chi connectivity index (χ0n) is 25.3. The lowest BCUT2D eigenvalue weighted by molar-refractivity contribution is -0.147. The molecule has 0 radical (unpaired) electrons. The van der Waals surface area contributed by atoms with Crippen LogP contribution in [0.15, 0.2) is 65.8 Å². The predicted octanol–water partition coefficient (Wildman–Crippen LogP) is 4.53. The van der Waals surface area contributed by atoms with Gasteiger partial charge in [0.15, 0.2) is 5.13 Å². The molecule has 13 heteroatoms. The molecule has 4 heterocycles. The molecule has 2 aliphatic rings. The van der Waals surface area contributed by atoms with E-state index in [4.69, 9.17) is 9.72 Å². The summed E-state index contributed by atoms with van der Waals surface area (Å²) in [6.45, 7) is 0.690. The number of carbonyl (C=O) groups is 2. The van der Waals surface area contributed by atoms with Crippen molar-refractivity contribution in [3.63, 3.8) is 0 Å². The minimum atomic E-state index is -3.85. The fourth-order valence-corrected chi connectivity index (χ4v) is 8.48. The number of nitrogens with one attached hydrogen (secondary N) is 1. The van der Waals surface area contributed by atoms with Crippen LogP contribution in [0.4, 0.5) is 5.13 Å². The van der Waals surface area contributed by atoms with Crippen molar-refractivity contribution in [1.82, 2.24) is 24.2 Å². The van der Waals surface area contributed by atoms with Gasteiger partial charge < -0.3 is 10.1 Å². The Kier molecular flexibility index (Phi) is 9.22. The molecule has 2 fully saturated rings. The molecule has 1 aliphatic heterocycles. The second kappa shape index (κ2) is 13.3. The predicted molar refractivity (Wildman–Crippen MR) is 172 cm³/mol. The van der Waals surface area contributed by atoms with Crippen molar-refractivity contribution in [3.8, 4) is 11.3 Å². The summed E-state index contributed by atoms with van der Waals surface area (Å²) in [5.41, 5.74) is 3.21. The highest BCUT2D eigenvalue weighted by Crippen LogP contribution is 2.36. The summed E-state index contributed by atoms with van der Waals surface area (Å²) in [7, 11) is -0.775. The molecule has 1 amide bonds. The topological polar surface area (TPSA) is 135 Å². The van der Waals surface area contributed by atoms with Gasteiger partial charge >= 0.3 is 5.97 Å². The molecule has 1 saturated heterocycles. The van der Waals surface area contributed by atoms with Crippen LogP contribution in [0.1, 0.15) is 43.6 Å². The van der Waals surface area contributed by atoms with Gasteiger partial charge in [0, 0.05) is 37.6 Å². The molecule has 1 saturated carbocycles. The fourth-order valence-electron chi connectivity index (χ4n) is 6.20. The summed E-state index contributed by atoms with van der Waals surface area (Å²) in [5, 5.41) is 3.50. The molecule has 3 aromatic heterocycles. The average molecular weight is 649 g/mol. The Morgan fingerprint density at radius 3 is 2.47 bits per heavy atom. The number of nitrogens with zero attached hydrogens (tertiary/aromatic N) is 5. The first kappa shape index (κ1) is 31.2. The number of anilines is 1. The van der Waals surface area contributed by atoms with Gasteiger partial charge in [-0.2, -0.15) is 4.31 Å². The highest BCUT2D eigenvalue weighted by molar-refractivity contribution is 7.89. The van der Waals surface area contributed by atoms with E-state index in [1.54, 1.807) is 48.6 Å². The molecule has 6 rings (SSSR count). The van der Waals surface area contributed by atoms with Gasteiger partial charge in [-0.25, -0.2) is 18.4 Å². The maximum Gasteiger partial charge on any atom is 0.324 e. The van der Waals surface area contributed by atoms with Crippen molar-refractivity contribution in [2.24, 2.45) is 5.92 Å². The van der Waals surface area contributed by atoms with Crippen molar-refractivity contribution in [2.45, 2.75) is 49.0 Å². The SMILES string of the molecule is COC(=O)[C@@H]1CN(S(=O)(=O)c2ccc(C(CC3CCCC3)C(=O)Nc3nc4ccc(-c5ccncc5)nc4s3)cc2)CCN1C. The number of piperazine rings is 1. The van der Waals surface area contributed by atoms with Gasteiger partial charge in [-0.1, -0.05) is 49.2 Å². The van der Waals surface area contributed by atoms with Crippen LogP contribution in [-0.2, 0) is 24.3 Å². The van der Waals surface area contributed by atoms with Gasteiger partial charge in [0.25, 0.3) is 0 Å². The van der Waals surface area contributed by atoms with Gasteiger partial charge in [-0.3, -0.25) is 19.5 Å². The molecule has 2 atom stereocenters. The Morgan fingerprint density at radius 2 is 1.76 bits per heavy atom. The molecule has 1 aromatic carbocycles. The first-order valence-corrected chi connectivity index (χ1v) is 17.4. The number of rotatable bonds is 9. The lowest BCUT2D eigenvalue weighted by Crippen LogP contribution is -2.56. The molecule has 1 unspecified atom stereocenters. The summed E-state index contributed by atoms with van der Waals surface area (Å²) in [4.78, 5) is 42.1. The van der Waals surface area contributed by atoms with Gasteiger partial charge in [-0.15, -0.1) is 0 Å². The number of fused-ring (bicyclic) bond motifs is 1. The van der Waals surface area contributed by atoms with Crippen LogP contribution in [0.3, 0.4) is 0 Å². The van der Waals surface area contributed by atoms with E-state index in [0.29, 0.717) is 29.5 Å². The smallest absolute Gasteiger partial charge is 0.324 e. The minimum Gasteiger partial charge on any atom is -0.468 e. The van der Waals surface area contributed by atoms with Crippen LogP contribution in [0.25, 0.3) is 21.6 Å². The van der Waals surface area contributed by atoms with E-state index >= 15 is 0 Å². The number of amides is 1. The number of carbonyl (C=O) groups excluding carboxylic acids is 2. The van der Waals surface area contributed by atoms with Crippen molar-refractivity contribution in [3.05, 3.63) is 66.5 Å². The molecule has 236 valence electrons. The van der Waals surface area contributed by atoms with Crippen LogP contribution in [-0.4, -0.2) is 84.3 Å². The van der Waals surface area contributed by atoms with Crippen LogP contribution in [0, 0.1) is 5.92 Å². The van der Waals surface area contributed by atoms with Crippen LogP contribution in [0.5, 0.6) is 0 Å². The first-order valence-electron chi connectivity index (χ1n) is 15.1. The number of likely N-dealkylation sites (N-methyl/N-ethyl adjacent to an activating group) is 1. The molecule has 0 spiro atoms. The van der Waals surface area contributed by atoms with E-state index in [2.05, 4.69) is 15.3 Å². The Labute approximate surface area is 266 Å². The van der Waals surface area contributed by atoms with Crippen molar-refractivity contribution in [2.75, 3.05) is 39.1 Å². The van der Waals surface area contributed by atoms with E-state index in [1.165, 1.54) is 22.8 Å². The van der Waals surface area contributed by atoms with Crippen LogP contribution in [0.2, 0.25) is 0 Å². The second-order valence-corrected chi connectivity index (χ2v) is 14.6. The number of pyridine rings is 2. The third-order valence-electron chi connectivity index (χ3n) is 8.83. The number of aromatic nitrogens is 3. The summed E-state index contributed by atoms with van der Waals surface area (Å²) in [6, 6.07) is 13.5. The summed E-state index contributed by atoms with van der Waals surface area (Å²) in [6.07, 6.45) is 8.56. The maximum atomic E-state index is 13.8. The fraction of sp³-hybridized carbons (Fsp3) is 0.406. The number of hydrogen-bond donors (Lipinski definition) is 1. The van der Waals surface area contributed by atoms with E-state index in [-0.39, 0.29) is 23.9 Å². The lowest BCUT2D eigenvalue weighted by atomic mass is 9.87. The number of thiazole rings is 1. The third-order valence-corrected chi connectivity index (χ3v) is 11.6. The molecule has 4 aromatic rings. The molecule has 1 N–H and O–H groups in total. The van der Waals surface area contributed by atoms with E-state index in [1.807, 2.05) is 24.3 Å². The lowest BCUT2D eigenvalue weighted by Gasteiger charge is -2.36. The van der Waals surface area contributed by atoms with Crippen molar-refractivity contribution in [1.29, 1.82) is 0 Å². The summed E-state index contributed by atoms with van der Waals surface area (Å²) >= 11 is 1.32. The Bertz CT molecular complexity index is 1770. The maximum absolute atomic E-state index is 13.8. The zero-order valence-corrected chi connectivity index (χ0v) is 26.9.